The third-order valence-electron chi connectivity index (χ3n) is 4.37. The summed E-state index contributed by atoms with van der Waals surface area (Å²) >= 11 is 1.37. The molecule has 0 aliphatic carbocycles. The summed E-state index contributed by atoms with van der Waals surface area (Å²) in [6, 6.07) is 18.8. The molecule has 0 aliphatic rings. The first-order valence-electron chi connectivity index (χ1n) is 9.62. The van der Waals surface area contributed by atoms with Gasteiger partial charge in [0.1, 0.15) is 5.82 Å². The van der Waals surface area contributed by atoms with Gasteiger partial charge in [-0.2, -0.15) is 18.3 Å². The number of hydrogen-bond donors (Lipinski definition) is 1. The fourth-order valence-corrected chi connectivity index (χ4v) is 3.36. The van der Waals surface area contributed by atoms with Crippen LogP contribution in [0.3, 0.4) is 0 Å². The summed E-state index contributed by atoms with van der Waals surface area (Å²) in [5.41, 5.74) is 7.69. The summed E-state index contributed by atoms with van der Waals surface area (Å²) in [4.78, 5) is 5.89. The zero-order chi connectivity index (χ0) is 23.1. The number of anilines is 1. The molecule has 5 nitrogen and oxygen atoms in total. The maximum atomic E-state index is 13.3. The largest absolute Gasteiger partial charge is 0.416 e. The van der Waals surface area contributed by atoms with Gasteiger partial charge in [-0.3, -0.25) is 0 Å². The van der Waals surface area contributed by atoms with Crippen LogP contribution in [0.25, 0.3) is 11.3 Å². The summed E-state index contributed by atoms with van der Waals surface area (Å²) in [5, 5.41) is 8.29. The van der Waals surface area contributed by atoms with E-state index in [2.05, 4.69) is 15.2 Å². The third kappa shape index (κ3) is 6.58. The van der Waals surface area contributed by atoms with Crippen molar-refractivity contribution >= 4 is 29.0 Å². The van der Waals surface area contributed by atoms with Gasteiger partial charge in [0.25, 0.3) is 0 Å². The fraction of sp³-hybridized carbons (Fsp3) is 0.174. The van der Waals surface area contributed by atoms with Crippen molar-refractivity contribution in [1.82, 2.24) is 4.98 Å². The van der Waals surface area contributed by atoms with Gasteiger partial charge in [0.2, 0.25) is 0 Å². The molecule has 0 spiro atoms. The average molecular weight is 458 g/mol. The molecule has 1 aromatic heterocycles. The minimum absolute atomic E-state index is 0.222. The topological polar surface area (TPSA) is 66.9 Å². The molecule has 0 saturated carbocycles. The van der Waals surface area contributed by atoms with Gasteiger partial charge in [0.15, 0.2) is 5.17 Å². The molecule has 0 amide bonds. The Labute approximate surface area is 188 Å². The van der Waals surface area contributed by atoms with Crippen molar-refractivity contribution in [3.05, 3.63) is 83.4 Å². The van der Waals surface area contributed by atoms with E-state index in [4.69, 9.17) is 5.73 Å². The van der Waals surface area contributed by atoms with Crippen molar-refractivity contribution in [2.24, 2.45) is 15.9 Å². The van der Waals surface area contributed by atoms with Crippen molar-refractivity contribution < 1.29 is 13.2 Å². The van der Waals surface area contributed by atoms with Crippen LogP contribution >= 0.6 is 11.8 Å². The molecule has 0 unspecified atom stereocenters. The highest BCUT2D eigenvalue weighted by atomic mass is 32.2. The van der Waals surface area contributed by atoms with Gasteiger partial charge < -0.3 is 10.6 Å². The molecule has 9 heteroatoms. The molecule has 3 aromatic rings. The molecular weight excluding hydrogens is 435 g/mol. The quantitative estimate of drug-likeness (QED) is 0.305. The summed E-state index contributed by atoms with van der Waals surface area (Å²) in [6.07, 6.45) is -2.97. The molecule has 1 heterocycles. The molecule has 0 aliphatic heterocycles. The Balaban J connectivity index is 1.77. The van der Waals surface area contributed by atoms with Gasteiger partial charge in [-0.05, 0) is 29.3 Å². The summed E-state index contributed by atoms with van der Waals surface area (Å²) in [5.74, 6) is 0.901. The van der Waals surface area contributed by atoms with Gasteiger partial charge in [-0.25, -0.2) is 4.98 Å². The van der Waals surface area contributed by atoms with E-state index in [9.17, 15) is 13.2 Å². The Bertz CT molecular complexity index is 1110. The Hall–Kier alpha value is -3.33. The normalized spacial score (nSPS) is 12.3. The minimum atomic E-state index is -4.47. The monoisotopic (exact) mass is 457 g/mol. The second kappa shape index (κ2) is 10.3. The van der Waals surface area contributed by atoms with Gasteiger partial charge in [-0.15, -0.1) is 5.10 Å². The van der Waals surface area contributed by atoms with Gasteiger partial charge in [0.05, 0.1) is 17.5 Å². The Morgan fingerprint density at radius 3 is 2.50 bits per heavy atom. The number of pyridine rings is 1. The number of halogens is 3. The van der Waals surface area contributed by atoms with E-state index in [-0.39, 0.29) is 11.5 Å². The second-order valence-corrected chi connectivity index (χ2v) is 8.07. The average Bonchev–Trinajstić information content (AvgIpc) is 2.77. The summed E-state index contributed by atoms with van der Waals surface area (Å²) < 4.78 is 40.0. The van der Waals surface area contributed by atoms with Crippen LogP contribution in [0, 0.1) is 0 Å². The highest BCUT2D eigenvalue weighted by molar-refractivity contribution is 8.13. The van der Waals surface area contributed by atoms with Crippen molar-refractivity contribution in [3.63, 3.8) is 0 Å². The Morgan fingerprint density at radius 2 is 1.81 bits per heavy atom. The molecule has 0 radical (unpaired) electrons. The van der Waals surface area contributed by atoms with Crippen LogP contribution in [0.2, 0.25) is 0 Å². The summed E-state index contributed by atoms with van der Waals surface area (Å²) in [6.45, 7) is 0. The molecule has 0 atom stereocenters. The number of thioether (sulfide) groups is 1. The van der Waals surface area contributed by atoms with Gasteiger partial charge in [-0.1, -0.05) is 60.3 Å². The fourth-order valence-electron chi connectivity index (χ4n) is 2.75. The van der Waals surface area contributed by atoms with Crippen LogP contribution in [0.5, 0.6) is 0 Å². The molecular formula is C23H22F3N5S. The number of amidine groups is 1. The molecule has 0 bridgehead atoms. The lowest BCUT2D eigenvalue weighted by Crippen LogP contribution is -2.14. The first-order valence-corrected chi connectivity index (χ1v) is 10.6. The van der Waals surface area contributed by atoms with E-state index in [1.54, 1.807) is 38.4 Å². The molecule has 2 N–H and O–H groups in total. The maximum absolute atomic E-state index is 13.3. The number of benzene rings is 2. The lowest BCUT2D eigenvalue weighted by molar-refractivity contribution is -0.137. The maximum Gasteiger partial charge on any atom is 0.416 e. The third-order valence-corrected chi connectivity index (χ3v) is 5.23. The van der Waals surface area contributed by atoms with Crippen LogP contribution < -0.4 is 10.6 Å². The molecule has 3 rings (SSSR count). The lowest BCUT2D eigenvalue weighted by Gasteiger charge is -2.16. The summed E-state index contributed by atoms with van der Waals surface area (Å²) in [7, 11) is 3.29. The smallest absolute Gasteiger partial charge is 0.377 e. The lowest BCUT2D eigenvalue weighted by atomic mass is 10.1. The van der Waals surface area contributed by atoms with Gasteiger partial charge >= 0.3 is 6.18 Å². The zero-order valence-corrected chi connectivity index (χ0v) is 18.4. The minimum Gasteiger partial charge on any atom is -0.377 e. The van der Waals surface area contributed by atoms with Crippen LogP contribution in [0.4, 0.5) is 19.0 Å². The van der Waals surface area contributed by atoms with E-state index < -0.39 is 11.7 Å². The molecule has 0 fully saturated rings. The number of nitrogens with two attached hydrogens (primary N) is 1. The molecule has 166 valence electrons. The van der Waals surface area contributed by atoms with E-state index >= 15 is 0 Å². The number of aromatic nitrogens is 1. The molecule has 32 heavy (non-hydrogen) atoms. The predicted octanol–water partition coefficient (Wildman–Crippen LogP) is 5.42. The first-order chi connectivity index (χ1) is 15.2. The van der Waals surface area contributed by atoms with Crippen LogP contribution in [0.1, 0.15) is 16.7 Å². The van der Waals surface area contributed by atoms with Crippen molar-refractivity contribution in [2.75, 3.05) is 19.0 Å². The second-order valence-electron chi connectivity index (χ2n) is 7.07. The van der Waals surface area contributed by atoms with E-state index in [1.807, 2.05) is 30.3 Å². The number of nitrogens with zero attached hydrogens (tertiary/aromatic N) is 4. The standard InChI is InChI=1S/C23H22F3N5S/c1-31(2)21-13-19(23(24,25)26)12-20(29-21)18-10-6-9-17(11-18)14-28-30-22(27)32-15-16-7-4-3-5-8-16/h3-14H,15H2,1-2H3,(H2,27,30). The number of rotatable bonds is 6. The van der Waals surface area contributed by atoms with E-state index in [1.165, 1.54) is 22.9 Å². The molecule has 2 aromatic carbocycles. The van der Waals surface area contributed by atoms with E-state index in [0.29, 0.717) is 22.0 Å². The zero-order valence-electron chi connectivity index (χ0n) is 17.5. The van der Waals surface area contributed by atoms with Crippen molar-refractivity contribution in [2.45, 2.75) is 11.9 Å². The number of hydrogen-bond acceptors (Lipinski definition) is 5. The highest BCUT2D eigenvalue weighted by Gasteiger charge is 2.32. The van der Waals surface area contributed by atoms with E-state index in [0.717, 1.165) is 17.7 Å². The van der Waals surface area contributed by atoms with Crippen molar-refractivity contribution in [1.29, 1.82) is 0 Å². The molecule has 0 saturated heterocycles. The van der Waals surface area contributed by atoms with Crippen LogP contribution in [0.15, 0.2) is 76.9 Å². The highest BCUT2D eigenvalue weighted by Crippen LogP contribution is 2.34. The van der Waals surface area contributed by atoms with Crippen LogP contribution in [-0.2, 0) is 11.9 Å². The Morgan fingerprint density at radius 1 is 1.06 bits per heavy atom. The number of alkyl halides is 3. The SMILES string of the molecule is CN(C)c1cc(C(F)(F)F)cc(-c2cccc(C=NN=C(N)SCc3ccccc3)c2)n1. The van der Waals surface area contributed by atoms with Crippen LogP contribution in [-0.4, -0.2) is 30.5 Å². The van der Waals surface area contributed by atoms with Crippen molar-refractivity contribution in [3.8, 4) is 11.3 Å². The predicted molar refractivity (Wildman–Crippen MR) is 126 cm³/mol. The first kappa shape index (κ1) is 23.3. The Kier molecular flexibility index (Phi) is 7.53. The van der Waals surface area contributed by atoms with Gasteiger partial charge in [0, 0.05) is 25.4 Å².